The fraction of sp³-hybridized carbons (Fsp3) is 0.435. The number of fused-ring (bicyclic) bond motifs is 1. The third kappa shape index (κ3) is 3.89. The van der Waals surface area contributed by atoms with E-state index in [1.165, 1.54) is 0 Å². The Kier molecular flexibility index (Phi) is 5.99. The molecular weight excluding hydrogens is 380 g/mol. The van der Waals surface area contributed by atoms with Crippen LogP contribution in [-0.2, 0) is 4.74 Å². The van der Waals surface area contributed by atoms with Crippen LogP contribution in [0.4, 0.5) is 5.82 Å². The Morgan fingerprint density at radius 3 is 2.40 bits per heavy atom. The average molecular weight is 409 g/mol. The maximum atomic E-state index is 5.48. The zero-order valence-corrected chi connectivity index (χ0v) is 18.0. The third-order valence-corrected chi connectivity index (χ3v) is 5.82. The van der Waals surface area contributed by atoms with Crippen LogP contribution in [0.1, 0.15) is 18.4 Å². The van der Waals surface area contributed by atoms with E-state index < -0.39 is 0 Å². The van der Waals surface area contributed by atoms with Crippen LogP contribution < -0.4 is 14.4 Å². The van der Waals surface area contributed by atoms with E-state index in [-0.39, 0.29) is 0 Å². The molecule has 3 heterocycles. The lowest BCUT2D eigenvalue weighted by Gasteiger charge is -2.33. The normalized spacial score (nSPS) is 14.9. The zero-order chi connectivity index (χ0) is 21.1. The molecule has 0 unspecified atom stereocenters. The summed E-state index contributed by atoms with van der Waals surface area (Å²) in [5.74, 6) is 3.00. The number of anilines is 1. The van der Waals surface area contributed by atoms with Gasteiger partial charge >= 0.3 is 0 Å². The van der Waals surface area contributed by atoms with E-state index in [1.54, 1.807) is 27.5 Å². The quantitative estimate of drug-likeness (QED) is 0.613. The number of ether oxygens (including phenoxy) is 3. The van der Waals surface area contributed by atoms with Crippen LogP contribution in [0.25, 0.3) is 22.0 Å². The number of piperidine rings is 1. The first-order valence-electron chi connectivity index (χ1n) is 10.2. The topological polar surface area (TPSA) is 69.6 Å². The number of aryl methyl sites for hydroxylation is 1. The maximum absolute atomic E-state index is 5.48. The lowest BCUT2D eigenvalue weighted by molar-refractivity contribution is 0.139. The van der Waals surface area contributed by atoms with E-state index in [1.807, 2.05) is 18.3 Å². The van der Waals surface area contributed by atoms with E-state index in [0.717, 1.165) is 65.9 Å². The molecule has 0 amide bonds. The summed E-state index contributed by atoms with van der Waals surface area (Å²) in [4.78, 5) is 7.20. The molecule has 0 atom stereocenters. The van der Waals surface area contributed by atoms with Crippen molar-refractivity contribution in [3.8, 4) is 22.6 Å². The second-order valence-electron chi connectivity index (χ2n) is 7.73. The first kappa shape index (κ1) is 20.3. The summed E-state index contributed by atoms with van der Waals surface area (Å²) in [7, 11) is 5.03. The van der Waals surface area contributed by atoms with Gasteiger partial charge in [-0.15, -0.1) is 0 Å². The fourth-order valence-corrected chi connectivity index (χ4v) is 4.21. The molecule has 30 heavy (non-hydrogen) atoms. The molecule has 0 N–H and O–H groups in total. The molecule has 1 aromatic carbocycles. The molecule has 1 saturated heterocycles. The molecule has 0 spiro atoms. The number of aromatic nitrogens is 3. The molecule has 2 aromatic heterocycles. The maximum Gasteiger partial charge on any atom is 0.162 e. The summed E-state index contributed by atoms with van der Waals surface area (Å²) in [5, 5.41) is 9.41. The van der Waals surface area contributed by atoms with Gasteiger partial charge in [-0.1, -0.05) is 0 Å². The minimum atomic E-state index is 0.637. The highest BCUT2D eigenvalue weighted by molar-refractivity contribution is 5.95. The molecular formula is C23H28N4O3. The molecule has 0 saturated carbocycles. The highest BCUT2D eigenvalue weighted by Gasteiger charge is 2.21. The standard InChI is InChI=1S/C23H28N4O3/c1-15-9-17(12-24-23(15)27-7-5-16(6-8-27)14-28-2)19-13-25-26-20-11-22(30-4)21(29-3)10-18(19)20/h9-13,16H,5-8,14H2,1-4H3. The highest BCUT2D eigenvalue weighted by Crippen LogP contribution is 2.36. The van der Waals surface area contributed by atoms with Crippen LogP contribution in [-0.4, -0.2) is 56.2 Å². The fourth-order valence-electron chi connectivity index (χ4n) is 4.21. The minimum Gasteiger partial charge on any atom is -0.493 e. The molecule has 4 rings (SSSR count). The molecule has 1 fully saturated rings. The van der Waals surface area contributed by atoms with Crippen molar-refractivity contribution >= 4 is 16.7 Å². The van der Waals surface area contributed by atoms with Gasteiger partial charge in [-0.25, -0.2) is 4.98 Å². The van der Waals surface area contributed by atoms with Crippen LogP contribution in [0.2, 0.25) is 0 Å². The van der Waals surface area contributed by atoms with E-state index in [0.29, 0.717) is 17.4 Å². The van der Waals surface area contributed by atoms with Crippen LogP contribution in [0.3, 0.4) is 0 Å². The molecule has 7 heteroatoms. The number of nitrogens with zero attached hydrogens (tertiary/aromatic N) is 4. The summed E-state index contributed by atoms with van der Waals surface area (Å²) >= 11 is 0. The number of hydrogen-bond acceptors (Lipinski definition) is 7. The van der Waals surface area contributed by atoms with Crippen LogP contribution >= 0.6 is 0 Å². The number of rotatable bonds is 6. The minimum absolute atomic E-state index is 0.637. The average Bonchev–Trinajstić information content (AvgIpc) is 2.78. The van der Waals surface area contributed by atoms with Gasteiger partial charge in [0.1, 0.15) is 5.82 Å². The van der Waals surface area contributed by atoms with Crippen molar-refractivity contribution in [1.29, 1.82) is 0 Å². The van der Waals surface area contributed by atoms with Gasteiger partial charge in [-0.05, 0) is 43.4 Å². The van der Waals surface area contributed by atoms with Crippen LogP contribution in [0.15, 0.2) is 30.6 Å². The SMILES string of the molecule is COCC1CCN(c2ncc(-c3cnnc4cc(OC)c(OC)cc34)cc2C)CC1. The molecule has 0 aliphatic carbocycles. The van der Waals surface area contributed by atoms with E-state index in [4.69, 9.17) is 19.2 Å². The Morgan fingerprint density at radius 2 is 1.73 bits per heavy atom. The van der Waals surface area contributed by atoms with Crippen molar-refractivity contribution in [3.63, 3.8) is 0 Å². The second kappa shape index (κ2) is 8.83. The predicted octanol–water partition coefficient (Wildman–Crippen LogP) is 3.88. The number of benzene rings is 1. The lowest BCUT2D eigenvalue weighted by atomic mass is 9.97. The third-order valence-electron chi connectivity index (χ3n) is 5.82. The van der Waals surface area contributed by atoms with Crippen molar-refractivity contribution in [2.24, 2.45) is 5.92 Å². The predicted molar refractivity (Wildman–Crippen MR) is 117 cm³/mol. The van der Waals surface area contributed by atoms with Crippen molar-refractivity contribution in [2.75, 3.05) is 45.9 Å². The molecule has 0 radical (unpaired) electrons. The van der Waals surface area contributed by atoms with E-state index in [2.05, 4.69) is 28.1 Å². The number of methoxy groups -OCH3 is 3. The van der Waals surface area contributed by atoms with Crippen LogP contribution in [0.5, 0.6) is 11.5 Å². The van der Waals surface area contributed by atoms with Crippen LogP contribution in [0, 0.1) is 12.8 Å². The second-order valence-corrected chi connectivity index (χ2v) is 7.73. The summed E-state index contributed by atoms with van der Waals surface area (Å²) in [6.07, 6.45) is 5.98. The van der Waals surface area contributed by atoms with Gasteiger partial charge < -0.3 is 19.1 Å². The van der Waals surface area contributed by atoms with Gasteiger partial charge in [-0.2, -0.15) is 10.2 Å². The Labute approximate surface area is 177 Å². The van der Waals surface area contributed by atoms with Gasteiger partial charge in [0.05, 0.1) is 25.9 Å². The molecule has 1 aliphatic rings. The molecule has 1 aliphatic heterocycles. The van der Waals surface area contributed by atoms with Crippen molar-refractivity contribution in [3.05, 3.63) is 36.2 Å². The monoisotopic (exact) mass is 408 g/mol. The Hall–Kier alpha value is -2.93. The first-order chi connectivity index (χ1) is 14.6. The molecule has 0 bridgehead atoms. The van der Waals surface area contributed by atoms with Gasteiger partial charge in [0, 0.05) is 55.6 Å². The van der Waals surface area contributed by atoms with Gasteiger partial charge in [0.2, 0.25) is 0 Å². The van der Waals surface area contributed by atoms with E-state index in [9.17, 15) is 0 Å². The number of pyridine rings is 1. The Balaban J connectivity index is 1.65. The summed E-state index contributed by atoms with van der Waals surface area (Å²) < 4.78 is 16.2. The molecule has 3 aromatic rings. The van der Waals surface area contributed by atoms with E-state index >= 15 is 0 Å². The summed E-state index contributed by atoms with van der Waals surface area (Å²) in [5.41, 5.74) is 3.90. The van der Waals surface area contributed by atoms with Gasteiger partial charge in [-0.3, -0.25) is 0 Å². The molecule has 158 valence electrons. The Morgan fingerprint density at radius 1 is 1.00 bits per heavy atom. The van der Waals surface area contributed by atoms with Crippen molar-refractivity contribution in [1.82, 2.24) is 15.2 Å². The summed E-state index contributed by atoms with van der Waals surface area (Å²) in [6.45, 7) is 4.99. The Bertz CT molecular complexity index is 1030. The van der Waals surface area contributed by atoms with Crippen molar-refractivity contribution < 1.29 is 14.2 Å². The number of hydrogen-bond donors (Lipinski definition) is 0. The smallest absolute Gasteiger partial charge is 0.162 e. The lowest BCUT2D eigenvalue weighted by Crippen LogP contribution is -2.35. The van der Waals surface area contributed by atoms with Crippen molar-refractivity contribution in [2.45, 2.75) is 19.8 Å². The summed E-state index contributed by atoms with van der Waals surface area (Å²) in [6, 6.07) is 5.97. The van der Waals surface area contributed by atoms with Gasteiger partial charge in [0.25, 0.3) is 0 Å². The first-order valence-corrected chi connectivity index (χ1v) is 10.2. The molecule has 7 nitrogen and oxygen atoms in total. The zero-order valence-electron chi connectivity index (χ0n) is 18.0. The largest absolute Gasteiger partial charge is 0.493 e. The van der Waals surface area contributed by atoms with Gasteiger partial charge in [0.15, 0.2) is 11.5 Å². The highest BCUT2D eigenvalue weighted by atomic mass is 16.5.